The lowest BCUT2D eigenvalue weighted by molar-refractivity contribution is -0.138. The van der Waals surface area contributed by atoms with E-state index in [0.29, 0.717) is 23.1 Å². The van der Waals surface area contributed by atoms with Crippen LogP contribution in [-0.2, 0) is 9.53 Å². The van der Waals surface area contributed by atoms with Gasteiger partial charge in [0.25, 0.3) is 0 Å². The molecule has 0 atom stereocenters. The van der Waals surface area contributed by atoms with Gasteiger partial charge in [-0.1, -0.05) is 18.3 Å². The van der Waals surface area contributed by atoms with Crippen LogP contribution in [0.1, 0.15) is 6.92 Å². The molecular weight excluding hydrogens is 216 g/mol. The van der Waals surface area contributed by atoms with Crippen LogP contribution in [0.25, 0.3) is 0 Å². The molecule has 1 aromatic heterocycles. The Labute approximate surface area is 91.3 Å². The van der Waals surface area contributed by atoms with E-state index >= 15 is 0 Å². The fraction of sp³-hybridized carbons (Fsp3) is 0.375. The summed E-state index contributed by atoms with van der Waals surface area (Å²) in [5, 5.41) is 6.78. The Morgan fingerprint density at radius 2 is 2.47 bits per heavy atom. The smallest absolute Gasteiger partial charge is 0.334 e. The maximum absolute atomic E-state index is 11.2. The number of anilines is 1. The molecule has 15 heavy (non-hydrogen) atoms. The minimum atomic E-state index is -0.395. The average Bonchev–Trinajstić information content (AvgIpc) is 2.61. The van der Waals surface area contributed by atoms with Crippen LogP contribution >= 0.6 is 11.8 Å². The highest BCUT2D eigenvalue weighted by atomic mass is 32.2. The van der Waals surface area contributed by atoms with E-state index in [1.165, 1.54) is 11.8 Å². The lowest BCUT2D eigenvalue weighted by Crippen LogP contribution is -2.08. The first kappa shape index (κ1) is 11.6. The van der Waals surface area contributed by atoms with Gasteiger partial charge in [-0.25, -0.2) is 9.89 Å². The summed E-state index contributed by atoms with van der Waals surface area (Å²) in [5.41, 5.74) is 5.72. The monoisotopic (exact) mass is 228 g/mol. The number of thioether (sulfide) groups is 1. The maximum Gasteiger partial charge on any atom is 0.334 e. The summed E-state index contributed by atoms with van der Waals surface area (Å²) in [4.78, 5) is 15.0. The summed E-state index contributed by atoms with van der Waals surface area (Å²) < 4.78 is 4.77. The van der Waals surface area contributed by atoms with Crippen LogP contribution in [-0.4, -0.2) is 33.5 Å². The fourth-order valence-corrected chi connectivity index (χ4v) is 1.46. The molecule has 0 bridgehead atoms. The van der Waals surface area contributed by atoms with Crippen molar-refractivity contribution in [3.8, 4) is 0 Å². The number of H-pyrrole nitrogens is 1. The number of nitrogen functional groups attached to an aromatic ring is 1. The minimum absolute atomic E-state index is 0.249. The molecule has 0 fully saturated rings. The zero-order chi connectivity index (χ0) is 11.3. The highest BCUT2D eigenvalue weighted by molar-refractivity contribution is 7.99. The largest absolute Gasteiger partial charge is 0.463 e. The SMILES string of the molecule is C=C(CSc1n[nH]c(N)n1)C(=O)OCC. The number of hydrogen-bond donors (Lipinski definition) is 2. The second kappa shape index (κ2) is 5.40. The van der Waals surface area contributed by atoms with E-state index in [0.717, 1.165) is 0 Å². The zero-order valence-corrected chi connectivity index (χ0v) is 9.13. The van der Waals surface area contributed by atoms with Crippen molar-refractivity contribution in [3.63, 3.8) is 0 Å². The molecule has 7 heteroatoms. The topological polar surface area (TPSA) is 93.9 Å². The molecular formula is C8H12N4O2S. The van der Waals surface area contributed by atoms with Crippen molar-refractivity contribution in [2.75, 3.05) is 18.1 Å². The van der Waals surface area contributed by atoms with Crippen molar-refractivity contribution in [2.45, 2.75) is 12.1 Å². The number of esters is 1. The number of carbonyl (C=O) groups is 1. The van der Waals surface area contributed by atoms with Crippen molar-refractivity contribution in [1.82, 2.24) is 15.2 Å². The lowest BCUT2D eigenvalue weighted by atomic mass is 10.4. The first-order valence-corrected chi connectivity index (χ1v) is 5.27. The Kier molecular flexibility index (Phi) is 4.17. The normalized spacial score (nSPS) is 9.93. The molecule has 0 aliphatic rings. The van der Waals surface area contributed by atoms with Gasteiger partial charge in [-0.2, -0.15) is 4.98 Å². The van der Waals surface area contributed by atoms with Crippen molar-refractivity contribution in [3.05, 3.63) is 12.2 Å². The van der Waals surface area contributed by atoms with E-state index in [1.54, 1.807) is 6.92 Å². The maximum atomic E-state index is 11.2. The van der Waals surface area contributed by atoms with E-state index in [4.69, 9.17) is 10.5 Å². The molecule has 1 aromatic rings. The Morgan fingerprint density at radius 3 is 3.00 bits per heavy atom. The summed E-state index contributed by atoms with van der Waals surface area (Å²) in [6.45, 7) is 5.69. The number of nitrogens with two attached hydrogens (primary N) is 1. The van der Waals surface area contributed by atoms with Crippen LogP contribution in [0, 0.1) is 0 Å². The highest BCUT2D eigenvalue weighted by Gasteiger charge is 2.09. The van der Waals surface area contributed by atoms with Crippen molar-refractivity contribution in [1.29, 1.82) is 0 Å². The predicted molar refractivity (Wildman–Crippen MR) is 57.3 cm³/mol. The molecule has 0 aromatic carbocycles. The third-order valence-electron chi connectivity index (χ3n) is 1.42. The number of aromatic amines is 1. The van der Waals surface area contributed by atoms with Crippen LogP contribution in [0.4, 0.5) is 5.95 Å². The molecule has 0 aliphatic carbocycles. The number of ether oxygens (including phenoxy) is 1. The first-order valence-electron chi connectivity index (χ1n) is 4.29. The molecule has 82 valence electrons. The van der Waals surface area contributed by atoms with E-state index in [1.807, 2.05) is 0 Å². The summed E-state index contributed by atoms with van der Waals surface area (Å²) in [7, 11) is 0. The van der Waals surface area contributed by atoms with Gasteiger partial charge in [-0.15, -0.1) is 5.10 Å². The molecule has 0 radical (unpaired) electrons. The minimum Gasteiger partial charge on any atom is -0.463 e. The third-order valence-corrected chi connectivity index (χ3v) is 2.36. The molecule has 0 unspecified atom stereocenters. The summed E-state index contributed by atoms with van der Waals surface area (Å²) in [5.74, 6) is 0.239. The number of hydrogen-bond acceptors (Lipinski definition) is 6. The van der Waals surface area contributed by atoms with Gasteiger partial charge in [-0.05, 0) is 6.92 Å². The standard InChI is InChI=1S/C8H12N4O2S/c1-3-14-6(13)5(2)4-15-8-10-7(9)11-12-8/h2-4H2,1H3,(H3,9,10,11,12). The molecule has 1 heterocycles. The Morgan fingerprint density at radius 1 is 1.73 bits per heavy atom. The van der Waals surface area contributed by atoms with Crippen LogP contribution in [0.5, 0.6) is 0 Å². The Hall–Kier alpha value is -1.50. The molecule has 3 N–H and O–H groups in total. The molecule has 6 nitrogen and oxygen atoms in total. The Balaban J connectivity index is 2.37. The fourth-order valence-electron chi connectivity index (χ4n) is 0.766. The molecule has 0 amide bonds. The number of nitrogens with one attached hydrogen (secondary N) is 1. The van der Waals surface area contributed by atoms with Crippen LogP contribution in [0.15, 0.2) is 17.3 Å². The van der Waals surface area contributed by atoms with Gasteiger partial charge in [0.15, 0.2) is 0 Å². The van der Waals surface area contributed by atoms with Gasteiger partial charge in [0, 0.05) is 11.3 Å². The van der Waals surface area contributed by atoms with Crippen molar-refractivity contribution in [2.24, 2.45) is 0 Å². The second-order valence-electron chi connectivity index (χ2n) is 2.62. The van der Waals surface area contributed by atoms with E-state index in [9.17, 15) is 4.79 Å². The summed E-state index contributed by atoms with van der Waals surface area (Å²) >= 11 is 1.27. The molecule has 0 saturated heterocycles. The predicted octanol–water partition coefficient (Wildman–Crippen LogP) is 0.598. The van der Waals surface area contributed by atoms with Gasteiger partial charge in [0.05, 0.1) is 6.61 Å². The van der Waals surface area contributed by atoms with Crippen LogP contribution in [0.3, 0.4) is 0 Å². The average molecular weight is 228 g/mol. The molecule has 0 spiro atoms. The first-order chi connectivity index (χ1) is 7.13. The van der Waals surface area contributed by atoms with Gasteiger partial charge in [-0.3, -0.25) is 0 Å². The Bertz CT molecular complexity index is 363. The molecule has 0 aliphatic heterocycles. The quantitative estimate of drug-likeness (QED) is 0.435. The van der Waals surface area contributed by atoms with E-state index in [2.05, 4.69) is 21.8 Å². The van der Waals surface area contributed by atoms with Crippen molar-refractivity contribution < 1.29 is 9.53 Å². The van der Waals surface area contributed by atoms with Gasteiger partial charge in [0.2, 0.25) is 11.1 Å². The van der Waals surface area contributed by atoms with E-state index in [-0.39, 0.29) is 5.95 Å². The summed E-state index contributed by atoms with van der Waals surface area (Å²) in [6, 6.07) is 0. The van der Waals surface area contributed by atoms with Crippen molar-refractivity contribution >= 4 is 23.7 Å². The highest BCUT2D eigenvalue weighted by Crippen LogP contribution is 2.16. The van der Waals surface area contributed by atoms with Crippen LogP contribution in [0.2, 0.25) is 0 Å². The zero-order valence-electron chi connectivity index (χ0n) is 8.32. The number of nitrogens with zero attached hydrogens (tertiary/aromatic N) is 2. The van der Waals surface area contributed by atoms with E-state index < -0.39 is 5.97 Å². The molecule has 1 rings (SSSR count). The number of carbonyl (C=O) groups excluding carboxylic acids is 1. The number of rotatable bonds is 5. The van der Waals surface area contributed by atoms with Gasteiger partial charge >= 0.3 is 5.97 Å². The second-order valence-corrected chi connectivity index (χ2v) is 3.56. The third kappa shape index (κ3) is 3.62. The van der Waals surface area contributed by atoms with Gasteiger partial charge < -0.3 is 10.5 Å². The lowest BCUT2D eigenvalue weighted by Gasteiger charge is -2.02. The number of aromatic nitrogens is 3. The van der Waals surface area contributed by atoms with Gasteiger partial charge in [0.1, 0.15) is 0 Å². The summed E-state index contributed by atoms with van der Waals surface area (Å²) in [6.07, 6.45) is 0. The molecule has 0 saturated carbocycles. The van der Waals surface area contributed by atoms with Crippen LogP contribution < -0.4 is 5.73 Å².